The van der Waals surface area contributed by atoms with Gasteiger partial charge in [-0.1, -0.05) is 39.8 Å². The Morgan fingerprint density at radius 2 is 1.83 bits per heavy atom. The number of amides is 2. The molecular weight excluding hydrogens is 489 g/mol. The number of nitrogens with one attached hydrogen (secondary N) is 1. The number of aryl methyl sites for hydroxylation is 1. The molecular formula is C24H30IN3O2. The van der Waals surface area contributed by atoms with Gasteiger partial charge in [-0.2, -0.15) is 0 Å². The molecule has 0 aliphatic carbocycles. The summed E-state index contributed by atoms with van der Waals surface area (Å²) in [5.74, 6) is -0.0479. The van der Waals surface area contributed by atoms with Gasteiger partial charge < -0.3 is 10.2 Å². The van der Waals surface area contributed by atoms with Gasteiger partial charge in [-0.25, -0.2) is 0 Å². The maximum atomic E-state index is 13.0. The number of hydrogen-bond donors (Lipinski definition) is 1. The maximum absolute atomic E-state index is 13.0. The number of likely N-dealkylation sites (N-methyl/N-ethyl adjacent to an activating group) is 1. The molecule has 3 rings (SSSR count). The number of nitrogens with zero attached hydrogens (tertiary/aromatic N) is 2. The molecule has 30 heavy (non-hydrogen) atoms. The number of hydrogen-bond acceptors (Lipinski definition) is 3. The lowest BCUT2D eigenvalue weighted by Gasteiger charge is -2.24. The molecule has 0 fully saturated rings. The van der Waals surface area contributed by atoms with Crippen LogP contribution in [0.3, 0.4) is 0 Å². The third-order valence-electron chi connectivity index (χ3n) is 5.82. The summed E-state index contributed by atoms with van der Waals surface area (Å²) in [5, 5.41) is 2.99. The van der Waals surface area contributed by atoms with E-state index in [4.69, 9.17) is 0 Å². The van der Waals surface area contributed by atoms with Crippen molar-refractivity contribution in [2.75, 3.05) is 36.4 Å². The first kappa shape index (κ1) is 22.7. The van der Waals surface area contributed by atoms with Crippen LogP contribution in [0.25, 0.3) is 0 Å². The summed E-state index contributed by atoms with van der Waals surface area (Å²) in [6.45, 7) is 13.2. The molecule has 0 spiro atoms. The van der Waals surface area contributed by atoms with Crippen molar-refractivity contribution >= 4 is 45.8 Å². The topological polar surface area (TPSA) is 52.7 Å². The molecule has 1 heterocycles. The molecule has 0 bridgehead atoms. The van der Waals surface area contributed by atoms with Crippen molar-refractivity contribution in [3.05, 3.63) is 56.7 Å². The highest BCUT2D eigenvalue weighted by Gasteiger charge is 2.38. The molecule has 2 amide bonds. The lowest BCUT2D eigenvalue weighted by Crippen LogP contribution is -2.41. The van der Waals surface area contributed by atoms with Crippen molar-refractivity contribution in [2.24, 2.45) is 0 Å². The fourth-order valence-corrected chi connectivity index (χ4v) is 4.37. The third-order valence-corrected chi connectivity index (χ3v) is 6.98. The van der Waals surface area contributed by atoms with Gasteiger partial charge in [-0.3, -0.25) is 14.5 Å². The molecule has 2 aromatic rings. The minimum Gasteiger partial charge on any atom is -0.322 e. The van der Waals surface area contributed by atoms with Crippen molar-refractivity contribution in [2.45, 2.75) is 40.0 Å². The standard InChI is InChI=1S/C24H30IN3O2/c1-6-27(7-2)14-22(29)28-15-24(4,5)19-11-10-18(13-21(19)28)26-23(30)17-9-8-16(3)20(25)12-17/h8-13H,6-7,14-15H2,1-5H3,(H,26,30). The lowest BCUT2D eigenvalue weighted by molar-refractivity contribution is -0.119. The van der Waals surface area contributed by atoms with Crippen LogP contribution in [0.5, 0.6) is 0 Å². The number of halogens is 1. The monoisotopic (exact) mass is 519 g/mol. The van der Waals surface area contributed by atoms with Gasteiger partial charge in [-0.05, 0) is 78.0 Å². The summed E-state index contributed by atoms with van der Waals surface area (Å²) < 4.78 is 1.06. The Morgan fingerprint density at radius 1 is 1.13 bits per heavy atom. The number of carbonyl (C=O) groups is 2. The van der Waals surface area contributed by atoms with E-state index in [1.807, 2.05) is 48.2 Å². The molecule has 2 aromatic carbocycles. The molecule has 0 radical (unpaired) electrons. The Balaban J connectivity index is 1.85. The Bertz CT molecular complexity index is 967. The second-order valence-electron chi connectivity index (χ2n) is 8.48. The normalized spacial score (nSPS) is 14.7. The predicted molar refractivity (Wildman–Crippen MR) is 131 cm³/mol. The van der Waals surface area contributed by atoms with Gasteiger partial charge in [0.1, 0.15) is 0 Å². The first-order valence-electron chi connectivity index (χ1n) is 10.4. The summed E-state index contributed by atoms with van der Waals surface area (Å²) >= 11 is 2.24. The van der Waals surface area contributed by atoms with E-state index >= 15 is 0 Å². The average molecular weight is 519 g/mol. The SMILES string of the molecule is CCN(CC)CC(=O)N1CC(C)(C)c2ccc(NC(=O)c3ccc(C)c(I)c3)cc21. The lowest BCUT2D eigenvalue weighted by atomic mass is 9.87. The Hall–Kier alpha value is -1.93. The largest absolute Gasteiger partial charge is 0.322 e. The third kappa shape index (κ3) is 4.70. The highest BCUT2D eigenvalue weighted by molar-refractivity contribution is 14.1. The van der Waals surface area contributed by atoms with Crippen LogP contribution in [-0.4, -0.2) is 42.9 Å². The van der Waals surface area contributed by atoms with Crippen LogP contribution in [0.15, 0.2) is 36.4 Å². The van der Waals surface area contributed by atoms with Gasteiger partial charge in [-0.15, -0.1) is 0 Å². The zero-order chi connectivity index (χ0) is 22.1. The summed E-state index contributed by atoms with van der Waals surface area (Å²) in [5.41, 5.74) is 4.39. The van der Waals surface area contributed by atoms with Crippen molar-refractivity contribution in [1.29, 1.82) is 0 Å². The zero-order valence-electron chi connectivity index (χ0n) is 18.4. The Kier molecular flexibility index (Phi) is 6.87. The van der Waals surface area contributed by atoms with Crippen LogP contribution in [0.2, 0.25) is 0 Å². The smallest absolute Gasteiger partial charge is 0.255 e. The van der Waals surface area contributed by atoms with Crippen LogP contribution in [-0.2, 0) is 10.2 Å². The Labute approximate surface area is 193 Å². The van der Waals surface area contributed by atoms with Crippen molar-refractivity contribution in [1.82, 2.24) is 4.90 Å². The molecule has 0 saturated carbocycles. The van der Waals surface area contributed by atoms with Gasteiger partial charge in [0, 0.05) is 32.5 Å². The maximum Gasteiger partial charge on any atom is 0.255 e. The van der Waals surface area contributed by atoms with Crippen LogP contribution < -0.4 is 10.2 Å². The van der Waals surface area contributed by atoms with E-state index in [0.717, 1.165) is 33.5 Å². The number of rotatable bonds is 6. The molecule has 0 unspecified atom stereocenters. The summed E-state index contributed by atoms with van der Waals surface area (Å²) in [6.07, 6.45) is 0. The number of carbonyl (C=O) groups excluding carboxylic acids is 2. The molecule has 5 nitrogen and oxygen atoms in total. The molecule has 1 N–H and O–H groups in total. The predicted octanol–water partition coefficient (Wildman–Crippen LogP) is 4.82. The van der Waals surface area contributed by atoms with Crippen molar-refractivity contribution in [3.8, 4) is 0 Å². The van der Waals surface area contributed by atoms with Crippen LogP contribution in [0.1, 0.15) is 49.2 Å². The minimum atomic E-state index is -0.147. The van der Waals surface area contributed by atoms with Gasteiger partial charge >= 0.3 is 0 Å². The molecule has 0 saturated heterocycles. The molecule has 6 heteroatoms. The summed E-state index contributed by atoms with van der Waals surface area (Å²) in [7, 11) is 0. The molecule has 1 aliphatic rings. The average Bonchev–Trinajstić information content (AvgIpc) is 2.98. The minimum absolute atomic E-state index is 0.0992. The highest BCUT2D eigenvalue weighted by Crippen LogP contribution is 2.42. The Morgan fingerprint density at radius 3 is 2.47 bits per heavy atom. The molecule has 1 aliphatic heterocycles. The van der Waals surface area contributed by atoms with E-state index in [2.05, 4.69) is 60.5 Å². The first-order valence-corrected chi connectivity index (χ1v) is 11.5. The van der Waals surface area contributed by atoms with Gasteiger partial charge in [0.2, 0.25) is 5.91 Å². The molecule has 0 atom stereocenters. The van der Waals surface area contributed by atoms with E-state index < -0.39 is 0 Å². The quantitative estimate of drug-likeness (QED) is 0.557. The van der Waals surface area contributed by atoms with E-state index in [9.17, 15) is 9.59 Å². The van der Waals surface area contributed by atoms with E-state index in [-0.39, 0.29) is 17.2 Å². The van der Waals surface area contributed by atoms with Crippen molar-refractivity contribution < 1.29 is 9.59 Å². The fraction of sp³-hybridized carbons (Fsp3) is 0.417. The van der Waals surface area contributed by atoms with Crippen LogP contribution in [0, 0.1) is 10.5 Å². The zero-order valence-corrected chi connectivity index (χ0v) is 20.5. The van der Waals surface area contributed by atoms with Crippen molar-refractivity contribution in [3.63, 3.8) is 0 Å². The van der Waals surface area contributed by atoms with E-state index in [1.54, 1.807) is 0 Å². The second-order valence-corrected chi connectivity index (χ2v) is 9.64. The fourth-order valence-electron chi connectivity index (χ4n) is 3.85. The summed E-state index contributed by atoms with van der Waals surface area (Å²) in [4.78, 5) is 29.8. The molecule has 0 aromatic heterocycles. The molecule has 160 valence electrons. The number of anilines is 2. The van der Waals surface area contributed by atoms with Gasteiger partial charge in [0.15, 0.2) is 0 Å². The van der Waals surface area contributed by atoms with Crippen LogP contribution >= 0.6 is 22.6 Å². The number of benzene rings is 2. The van der Waals surface area contributed by atoms with Gasteiger partial charge in [0.05, 0.1) is 6.54 Å². The second kappa shape index (κ2) is 9.06. The van der Waals surface area contributed by atoms with Crippen LogP contribution in [0.4, 0.5) is 11.4 Å². The van der Waals surface area contributed by atoms with E-state index in [1.165, 1.54) is 0 Å². The van der Waals surface area contributed by atoms with E-state index in [0.29, 0.717) is 24.3 Å². The number of fused-ring (bicyclic) bond motifs is 1. The van der Waals surface area contributed by atoms with Gasteiger partial charge in [0.25, 0.3) is 5.91 Å². The summed E-state index contributed by atoms with van der Waals surface area (Å²) in [6, 6.07) is 11.6. The first-order chi connectivity index (χ1) is 14.2. The highest BCUT2D eigenvalue weighted by atomic mass is 127.